The summed E-state index contributed by atoms with van der Waals surface area (Å²) in [6.45, 7) is 1.50. The highest BCUT2D eigenvalue weighted by molar-refractivity contribution is 5.05. The van der Waals surface area contributed by atoms with Gasteiger partial charge in [-0.15, -0.1) is 0 Å². The van der Waals surface area contributed by atoms with Crippen molar-refractivity contribution >= 4 is 0 Å². The van der Waals surface area contributed by atoms with Gasteiger partial charge in [0.1, 0.15) is 6.54 Å². The summed E-state index contributed by atoms with van der Waals surface area (Å²) in [5.74, 6) is 0. The quantitative estimate of drug-likeness (QED) is 0.0888. The lowest BCUT2D eigenvalue weighted by Gasteiger charge is -2.04. The number of aliphatic hydroxyl groups is 1. The lowest BCUT2D eigenvalue weighted by atomic mass is 10.0. The van der Waals surface area contributed by atoms with Crippen molar-refractivity contribution in [2.24, 2.45) is 0 Å². The van der Waals surface area contributed by atoms with E-state index in [-0.39, 0.29) is 0 Å². The number of pyridine rings is 2. The Kier molecular flexibility index (Phi) is 18.7. The molecule has 0 aliphatic heterocycles. The minimum atomic E-state index is 0.349. The Morgan fingerprint density at radius 2 is 0.946 bits per heavy atom. The molecule has 0 amide bonds. The molecule has 0 saturated carbocycles. The van der Waals surface area contributed by atoms with Crippen molar-refractivity contribution < 1.29 is 14.4 Å². The fourth-order valence-corrected chi connectivity index (χ4v) is 5.23. The first-order chi connectivity index (χ1) is 18.3. The van der Waals surface area contributed by atoms with Crippen molar-refractivity contribution in [1.82, 2.24) is 0 Å². The normalized spacial score (nSPS) is 11.3. The largest absolute Gasteiger partial charge is 0.619 e. The molecule has 1 N–H and O–H groups in total. The lowest BCUT2D eigenvalue weighted by Crippen LogP contribution is -2.33. The van der Waals surface area contributed by atoms with Crippen LogP contribution < -0.4 is 9.30 Å². The van der Waals surface area contributed by atoms with Crippen LogP contribution in [-0.2, 0) is 19.4 Å². The summed E-state index contributed by atoms with van der Waals surface area (Å²) in [4.78, 5) is 0. The first-order valence-electron chi connectivity index (χ1n) is 15.5. The number of hydrogen-bond acceptors (Lipinski definition) is 2. The van der Waals surface area contributed by atoms with Crippen LogP contribution in [0.5, 0.6) is 0 Å². The molecule has 2 heterocycles. The number of unbranched alkanes of at least 4 members (excludes halogenated alkanes) is 17. The molecule has 0 saturated heterocycles. The molecule has 0 spiro atoms. The van der Waals surface area contributed by atoms with E-state index in [1.165, 1.54) is 128 Å². The van der Waals surface area contributed by atoms with Crippen LogP contribution in [0.2, 0.25) is 0 Å². The van der Waals surface area contributed by atoms with Crippen LogP contribution in [0.4, 0.5) is 0 Å². The second-order valence-corrected chi connectivity index (χ2v) is 11.0. The maximum atomic E-state index is 11.3. The molecule has 2 rings (SSSR count). The van der Waals surface area contributed by atoms with E-state index >= 15 is 0 Å². The predicted molar refractivity (Wildman–Crippen MR) is 154 cm³/mol. The average Bonchev–Trinajstić information content (AvgIpc) is 2.90. The number of aliphatic hydroxyl groups excluding tert-OH is 1. The van der Waals surface area contributed by atoms with Gasteiger partial charge in [-0.05, 0) is 50.7 Å². The summed E-state index contributed by atoms with van der Waals surface area (Å²) < 4.78 is 3.30. The van der Waals surface area contributed by atoms with Gasteiger partial charge in [0.2, 0.25) is 0 Å². The molecule has 0 radical (unpaired) electrons. The van der Waals surface area contributed by atoms with Crippen molar-refractivity contribution in [1.29, 1.82) is 0 Å². The smallest absolute Gasteiger partial charge is 0.183 e. The van der Waals surface area contributed by atoms with E-state index in [0.717, 1.165) is 29.7 Å². The SMILES string of the molecule is [O-][n+]1cccc(CCCCCCCCCCCCC[n+]2cccc(CCCCCCCCCCO)c2)c1. The zero-order chi connectivity index (χ0) is 26.2. The minimum Gasteiger partial charge on any atom is -0.619 e. The van der Waals surface area contributed by atoms with E-state index < -0.39 is 0 Å². The van der Waals surface area contributed by atoms with E-state index in [1.807, 2.05) is 6.07 Å². The fourth-order valence-electron chi connectivity index (χ4n) is 5.23. The summed E-state index contributed by atoms with van der Waals surface area (Å²) in [7, 11) is 0. The molecule has 2 aromatic heterocycles. The second-order valence-electron chi connectivity index (χ2n) is 11.0. The maximum absolute atomic E-state index is 11.3. The monoisotopic (exact) mass is 511 g/mol. The van der Waals surface area contributed by atoms with Gasteiger partial charge in [-0.3, -0.25) is 0 Å². The van der Waals surface area contributed by atoms with Crippen molar-refractivity contribution in [3.05, 3.63) is 65.4 Å². The number of hydrogen-bond donors (Lipinski definition) is 1. The second kappa shape index (κ2) is 22.1. The van der Waals surface area contributed by atoms with E-state index in [2.05, 4.69) is 35.2 Å². The first kappa shape index (κ1) is 31.3. The Bertz CT molecular complexity index is 795. The molecule has 4 nitrogen and oxygen atoms in total. The van der Waals surface area contributed by atoms with Crippen molar-refractivity contribution in [3.8, 4) is 0 Å². The van der Waals surface area contributed by atoms with Gasteiger partial charge in [0.15, 0.2) is 24.8 Å². The van der Waals surface area contributed by atoms with Crippen LogP contribution >= 0.6 is 0 Å². The van der Waals surface area contributed by atoms with E-state index in [1.54, 1.807) is 12.4 Å². The molecule has 2 aromatic rings. The van der Waals surface area contributed by atoms with Gasteiger partial charge in [-0.2, -0.15) is 4.73 Å². The van der Waals surface area contributed by atoms with Crippen LogP contribution in [0.15, 0.2) is 49.1 Å². The Hall–Kier alpha value is -1.94. The molecule has 208 valence electrons. The highest BCUT2D eigenvalue weighted by Crippen LogP contribution is 2.13. The molecule has 0 aliphatic carbocycles. The summed E-state index contributed by atoms with van der Waals surface area (Å²) in [6, 6.07) is 8.41. The van der Waals surface area contributed by atoms with Gasteiger partial charge in [0.25, 0.3) is 0 Å². The first-order valence-corrected chi connectivity index (χ1v) is 15.5. The van der Waals surface area contributed by atoms with Gasteiger partial charge < -0.3 is 10.3 Å². The molecule has 0 bridgehead atoms. The molecular formula is C33H55N2O2+. The van der Waals surface area contributed by atoms with Gasteiger partial charge in [0, 0.05) is 36.3 Å². The van der Waals surface area contributed by atoms with Gasteiger partial charge >= 0.3 is 0 Å². The molecule has 4 heteroatoms. The third-order valence-electron chi connectivity index (χ3n) is 7.51. The molecule has 0 fully saturated rings. The third kappa shape index (κ3) is 17.2. The van der Waals surface area contributed by atoms with Crippen LogP contribution in [0.25, 0.3) is 0 Å². The van der Waals surface area contributed by atoms with Crippen LogP contribution in [0.3, 0.4) is 0 Å². The zero-order valence-corrected chi connectivity index (χ0v) is 23.6. The Morgan fingerprint density at radius 3 is 1.46 bits per heavy atom. The van der Waals surface area contributed by atoms with E-state index in [0.29, 0.717) is 6.61 Å². The van der Waals surface area contributed by atoms with Gasteiger partial charge in [0.05, 0.1) is 0 Å². The summed E-state index contributed by atoms with van der Waals surface area (Å²) in [5, 5.41) is 20.1. The number of rotatable bonds is 24. The standard InChI is InChI=1S/C33H55N2O2/c36-29-19-15-11-7-5-9-12-16-22-32-24-20-27-34(30-32)26-18-14-10-6-3-1-2-4-8-13-17-23-33-25-21-28-35(37)31-33/h20-21,24-25,27-28,30-31,36H,1-19,22-23,26,29H2/q+1. The Labute approximate surface area is 227 Å². The summed E-state index contributed by atoms with van der Waals surface area (Å²) >= 11 is 0. The minimum absolute atomic E-state index is 0.349. The predicted octanol–water partition coefficient (Wildman–Crippen LogP) is 7.80. The van der Waals surface area contributed by atoms with Crippen molar-refractivity contribution in [2.45, 2.75) is 141 Å². The van der Waals surface area contributed by atoms with Crippen molar-refractivity contribution in [2.75, 3.05) is 6.61 Å². The van der Waals surface area contributed by atoms with Crippen LogP contribution in [0, 0.1) is 5.21 Å². The molecule has 0 aliphatic rings. The maximum Gasteiger partial charge on any atom is 0.183 e. The topological polar surface area (TPSA) is 51.0 Å². The highest BCUT2D eigenvalue weighted by atomic mass is 16.5. The van der Waals surface area contributed by atoms with E-state index in [4.69, 9.17) is 5.11 Å². The highest BCUT2D eigenvalue weighted by Gasteiger charge is 2.04. The molecule has 37 heavy (non-hydrogen) atoms. The Balaban J connectivity index is 1.36. The van der Waals surface area contributed by atoms with Crippen molar-refractivity contribution in [3.63, 3.8) is 0 Å². The number of aromatic nitrogens is 2. The number of aryl methyl sites for hydroxylation is 3. The zero-order valence-electron chi connectivity index (χ0n) is 23.6. The summed E-state index contributed by atoms with van der Waals surface area (Å²) in [6.07, 6.45) is 34.9. The lowest BCUT2D eigenvalue weighted by molar-refractivity contribution is -0.697. The number of nitrogens with zero attached hydrogens (tertiary/aromatic N) is 2. The molecule has 0 unspecified atom stereocenters. The fraction of sp³-hybridized carbons (Fsp3) is 0.697. The van der Waals surface area contributed by atoms with E-state index in [9.17, 15) is 5.21 Å². The molecular weight excluding hydrogens is 456 g/mol. The third-order valence-corrected chi connectivity index (χ3v) is 7.51. The van der Waals surface area contributed by atoms with Gasteiger partial charge in [-0.1, -0.05) is 89.9 Å². The Morgan fingerprint density at radius 1 is 0.514 bits per heavy atom. The summed E-state index contributed by atoms with van der Waals surface area (Å²) in [5.41, 5.74) is 2.65. The van der Waals surface area contributed by atoms with Crippen LogP contribution in [-0.4, -0.2) is 11.7 Å². The molecule has 0 atom stereocenters. The molecule has 0 aromatic carbocycles. The average molecular weight is 512 g/mol. The van der Waals surface area contributed by atoms with Crippen LogP contribution in [0.1, 0.15) is 133 Å². The van der Waals surface area contributed by atoms with Gasteiger partial charge in [-0.25, -0.2) is 4.57 Å².